The Balaban J connectivity index is 1.68. The van der Waals surface area contributed by atoms with E-state index in [9.17, 15) is 14.4 Å². The van der Waals surface area contributed by atoms with Crippen LogP contribution in [-0.4, -0.2) is 68.9 Å². The monoisotopic (exact) mass is 533 g/mol. The molecule has 9 heteroatoms. The van der Waals surface area contributed by atoms with Crippen LogP contribution in [0.4, 0.5) is 0 Å². The van der Waals surface area contributed by atoms with Crippen molar-refractivity contribution in [3.8, 4) is 11.8 Å². The summed E-state index contributed by atoms with van der Waals surface area (Å²) in [7, 11) is 4.45. The van der Waals surface area contributed by atoms with Crippen molar-refractivity contribution in [1.29, 1.82) is 0 Å². The van der Waals surface area contributed by atoms with Gasteiger partial charge in [0.05, 0.1) is 6.61 Å². The molecule has 2 atom stereocenters. The minimum Gasteiger partial charge on any atom is -0.381 e. The first kappa shape index (κ1) is 29.6. The van der Waals surface area contributed by atoms with Crippen LogP contribution in [-0.2, 0) is 23.9 Å². The van der Waals surface area contributed by atoms with Crippen molar-refractivity contribution < 1.29 is 28.7 Å². The molecular formula is C30H35N3O6. The second-order valence-corrected chi connectivity index (χ2v) is 9.17. The van der Waals surface area contributed by atoms with Crippen LogP contribution in [0.1, 0.15) is 53.2 Å². The van der Waals surface area contributed by atoms with Crippen LogP contribution in [0.25, 0.3) is 6.08 Å². The normalized spacial score (nSPS) is 16.5. The van der Waals surface area contributed by atoms with Gasteiger partial charge in [-0.25, -0.2) is 10.3 Å². The fourth-order valence-electron chi connectivity index (χ4n) is 3.87. The van der Waals surface area contributed by atoms with E-state index in [2.05, 4.69) is 22.6 Å². The molecular weight excluding hydrogens is 498 g/mol. The molecule has 3 rings (SSSR count). The lowest BCUT2D eigenvalue weighted by Gasteiger charge is -2.36. The van der Waals surface area contributed by atoms with E-state index in [0.29, 0.717) is 30.8 Å². The maximum atomic E-state index is 13.3. The first-order valence-corrected chi connectivity index (χ1v) is 12.7. The highest BCUT2D eigenvalue weighted by molar-refractivity contribution is 6.12. The number of likely N-dealkylation sites (N-methyl/N-ethyl adjacent to an activating group) is 2. The highest BCUT2D eigenvalue weighted by Gasteiger charge is 2.47. The molecule has 2 unspecified atom stereocenters. The van der Waals surface area contributed by atoms with Crippen molar-refractivity contribution in [1.82, 2.24) is 15.7 Å². The van der Waals surface area contributed by atoms with Crippen molar-refractivity contribution in [2.45, 2.75) is 38.0 Å². The van der Waals surface area contributed by atoms with Crippen LogP contribution in [0.2, 0.25) is 0 Å². The Morgan fingerprint density at radius 2 is 1.69 bits per heavy atom. The average molecular weight is 534 g/mol. The number of carbonyl (C=O) groups excluding carboxylic acids is 3. The van der Waals surface area contributed by atoms with Gasteiger partial charge in [0.2, 0.25) is 0 Å². The molecule has 1 aliphatic heterocycles. The molecule has 2 N–H and O–H groups in total. The van der Waals surface area contributed by atoms with Crippen molar-refractivity contribution in [2.24, 2.45) is 0 Å². The molecule has 9 nitrogen and oxygen atoms in total. The van der Waals surface area contributed by atoms with E-state index in [0.717, 1.165) is 28.9 Å². The smallest absolute Gasteiger partial charge is 0.279 e. The Morgan fingerprint density at radius 3 is 2.26 bits per heavy atom. The molecule has 3 amide bonds. The number of methoxy groups -OCH3 is 1. The minimum absolute atomic E-state index is 0.301. The zero-order valence-electron chi connectivity index (χ0n) is 22.8. The number of nitrogens with one attached hydrogen (secondary N) is 2. The Kier molecular flexibility index (Phi) is 10.8. The van der Waals surface area contributed by atoms with Gasteiger partial charge in [0.25, 0.3) is 17.7 Å². The van der Waals surface area contributed by atoms with Crippen molar-refractivity contribution >= 4 is 23.8 Å². The molecule has 39 heavy (non-hydrogen) atoms. The Bertz CT molecular complexity index is 1220. The molecule has 1 heterocycles. The molecule has 0 aliphatic carbocycles. The molecule has 0 aromatic heterocycles. The summed E-state index contributed by atoms with van der Waals surface area (Å²) in [6, 6.07) is 14.5. The van der Waals surface area contributed by atoms with Gasteiger partial charge >= 0.3 is 0 Å². The predicted molar refractivity (Wildman–Crippen MR) is 147 cm³/mol. The second-order valence-electron chi connectivity index (χ2n) is 9.17. The minimum atomic E-state index is -1.87. The zero-order chi connectivity index (χ0) is 28.3. The summed E-state index contributed by atoms with van der Waals surface area (Å²) >= 11 is 0. The molecule has 1 aliphatic rings. The summed E-state index contributed by atoms with van der Waals surface area (Å²) in [5.74, 6) is 4.23. The SMILES string of the molecule is CNC(=O)C(C)(C(=O)NOC1CCCCO1)N(C)C(=O)c1ccc(C#Cc2ccc(/C=C/COC)cc2)cc1. The lowest BCUT2D eigenvalue weighted by atomic mass is 9.96. The quantitative estimate of drug-likeness (QED) is 0.292. The fraction of sp³-hybridized carbons (Fsp3) is 0.367. The van der Waals surface area contributed by atoms with Crippen LogP contribution in [0.5, 0.6) is 0 Å². The van der Waals surface area contributed by atoms with Gasteiger partial charge in [-0.15, -0.1) is 0 Å². The number of rotatable bonds is 9. The van der Waals surface area contributed by atoms with E-state index < -0.39 is 29.6 Å². The lowest BCUT2D eigenvalue weighted by Crippen LogP contribution is -2.65. The van der Waals surface area contributed by atoms with Crippen LogP contribution in [0, 0.1) is 11.8 Å². The summed E-state index contributed by atoms with van der Waals surface area (Å²) in [6.07, 6.45) is 5.77. The lowest BCUT2D eigenvalue weighted by molar-refractivity contribution is -0.204. The molecule has 0 saturated carbocycles. The van der Waals surface area contributed by atoms with E-state index in [4.69, 9.17) is 14.3 Å². The number of nitrogens with zero attached hydrogens (tertiary/aromatic N) is 1. The Hall–Kier alpha value is -3.97. The summed E-state index contributed by atoms with van der Waals surface area (Å²) in [5.41, 5.74) is 3.36. The summed E-state index contributed by atoms with van der Waals surface area (Å²) in [6.45, 7) is 2.45. The van der Waals surface area contributed by atoms with Gasteiger partial charge in [-0.2, -0.15) is 0 Å². The molecule has 0 radical (unpaired) electrons. The number of amides is 3. The largest absolute Gasteiger partial charge is 0.381 e. The number of hydrogen-bond donors (Lipinski definition) is 2. The van der Waals surface area contributed by atoms with Gasteiger partial charge in [-0.3, -0.25) is 14.4 Å². The van der Waals surface area contributed by atoms with E-state index in [-0.39, 0.29) is 0 Å². The molecule has 2 aromatic rings. The topological polar surface area (TPSA) is 106 Å². The third-order valence-electron chi connectivity index (χ3n) is 6.47. The average Bonchev–Trinajstić information content (AvgIpc) is 2.98. The standard InChI is InChI=1S/C30H35N3O6/c1-30(28(35)31-2,29(36)32-39-26-9-5-6-21-38-26)33(3)27(34)25-18-16-24(17-19-25)15-14-23-12-10-22(11-13-23)8-7-20-37-4/h7-8,10-13,16-19,26H,5-6,9,20-21H2,1-4H3,(H,31,35)(H,32,36)/b8-7+. The number of carbonyl (C=O) groups is 3. The van der Waals surface area contributed by atoms with Crippen molar-refractivity contribution in [2.75, 3.05) is 34.4 Å². The van der Waals surface area contributed by atoms with E-state index in [1.54, 1.807) is 31.4 Å². The Labute approximate surface area is 229 Å². The van der Waals surface area contributed by atoms with E-state index in [1.807, 2.05) is 36.4 Å². The highest BCUT2D eigenvalue weighted by atomic mass is 16.8. The second kappa shape index (κ2) is 14.3. The van der Waals surface area contributed by atoms with Gasteiger partial charge in [0.15, 0.2) is 11.8 Å². The first-order chi connectivity index (χ1) is 18.8. The molecule has 1 fully saturated rings. The van der Waals surface area contributed by atoms with E-state index in [1.165, 1.54) is 21.0 Å². The van der Waals surface area contributed by atoms with Gasteiger partial charge in [0.1, 0.15) is 0 Å². The molecule has 2 aromatic carbocycles. The van der Waals surface area contributed by atoms with Gasteiger partial charge in [0, 0.05) is 50.9 Å². The zero-order valence-corrected chi connectivity index (χ0v) is 22.8. The molecule has 0 bridgehead atoms. The maximum absolute atomic E-state index is 13.3. The van der Waals surface area contributed by atoms with Crippen LogP contribution in [0.3, 0.4) is 0 Å². The number of ether oxygens (including phenoxy) is 2. The molecule has 1 saturated heterocycles. The molecule has 206 valence electrons. The summed E-state index contributed by atoms with van der Waals surface area (Å²) < 4.78 is 10.5. The van der Waals surface area contributed by atoms with Gasteiger partial charge in [-0.1, -0.05) is 36.1 Å². The van der Waals surface area contributed by atoms with Crippen LogP contribution >= 0.6 is 0 Å². The van der Waals surface area contributed by atoms with Crippen LogP contribution < -0.4 is 10.8 Å². The number of hydroxylamine groups is 1. The summed E-state index contributed by atoms with van der Waals surface area (Å²) in [4.78, 5) is 45.6. The van der Waals surface area contributed by atoms with Crippen molar-refractivity contribution in [3.63, 3.8) is 0 Å². The Morgan fingerprint density at radius 1 is 1.05 bits per heavy atom. The third-order valence-corrected chi connectivity index (χ3v) is 6.47. The van der Waals surface area contributed by atoms with Crippen molar-refractivity contribution in [3.05, 3.63) is 76.9 Å². The first-order valence-electron chi connectivity index (χ1n) is 12.7. The number of hydrogen-bond acceptors (Lipinski definition) is 6. The highest BCUT2D eigenvalue weighted by Crippen LogP contribution is 2.20. The molecule has 0 spiro atoms. The number of benzene rings is 2. The third kappa shape index (κ3) is 7.77. The maximum Gasteiger partial charge on any atom is 0.279 e. The summed E-state index contributed by atoms with van der Waals surface area (Å²) in [5, 5.41) is 2.46. The predicted octanol–water partition coefficient (Wildman–Crippen LogP) is 2.90. The van der Waals surface area contributed by atoms with Gasteiger partial charge < -0.3 is 19.7 Å². The van der Waals surface area contributed by atoms with Gasteiger partial charge in [-0.05, 0) is 61.7 Å². The van der Waals surface area contributed by atoms with Crippen LogP contribution in [0.15, 0.2) is 54.6 Å². The van der Waals surface area contributed by atoms with E-state index >= 15 is 0 Å². The fourth-order valence-corrected chi connectivity index (χ4v) is 3.87.